The predicted molar refractivity (Wildman–Crippen MR) is 50.0 cm³/mol. The van der Waals surface area contributed by atoms with Crippen LogP contribution in [0.1, 0.15) is 10.4 Å². The quantitative estimate of drug-likeness (QED) is 0.728. The molecular formula is C7H10BrN3O2. The molecule has 5 nitrogen and oxygen atoms in total. The van der Waals surface area contributed by atoms with E-state index in [1.54, 1.807) is 18.8 Å². The molecule has 0 unspecified atom stereocenters. The zero-order valence-corrected chi connectivity index (χ0v) is 9.20. The second-order valence-corrected chi connectivity index (χ2v) is 3.21. The molecule has 0 N–H and O–H groups in total. The number of amides is 1. The molecule has 0 aliphatic carbocycles. The van der Waals surface area contributed by atoms with Crippen LogP contribution in [0.15, 0.2) is 10.8 Å². The summed E-state index contributed by atoms with van der Waals surface area (Å²) in [6, 6.07) is 0. The summed E-state index contributed by atoms with van der Waals surface area (Å²) in [4.78, 5) is 16.3. The molecule has 0 saturated carbocycles. The fraction of sp³-hybridized carbons (Fsp3) is 0.429. The number of hydrogen-bond acceptors (Lipinski definition) is 3. The summed E-state index contributed by atoms with van der Waals surface area (Å²) in [5.74, 6) is -0.234. The third kappa shape index (κ3) is 1.89. The van der Waals surface area contributed by atoms with Gasteiger partial charge in [0.05, 0.1) is 18.9 Å². The van der Waals surface area contributed by atoms with Gasteiger partial charge in [-0.05, 0) is 15.9 Å². The molecule has 0 atom stereocenters. The van der Waals surface area contributed by atoms with Gasteiger partial charge in [-0.1, -0.05) is 0 Å². The van der Waals surface area contributed by atoms with Crippen LogP contribution in [-0.2, 0) is 11.9 Å². The van der Waals surface area contributed by atoms with Gasteiger partial charge in [-0.25, -0.2) is 5.06 Å². The number of halogens is 1. The normalized spacial score (nSPS) is 10.2. The highest BCUT2D eigenvalue weighted by atomic mass is 79.9. The van der Waals surface area contributed by atoms with Gasteiger partial charge in [0.15, 0.2) is 0 Å². The van der Waals surface area contributed by atoms with Gasteiger partial charge in [0.1, 0.15) is 4.60 Å². The van der Waals surface area contributed by atoms with E-state index in [9.17, 15) is 4.79 Å². The van der Waals surface area contributed by atoms with Crippen LogP contribution in [0.3, 0.4) is 0 Å². The summed E-state index contributed by atoms with van der Waals surface area (Å²) in [5, 5.41) is 5.06. The van der Waals surface area contributed by atoms with Crippen molar-refractivity contribution >= 4 is 21.8 Å². The third-order valence-corrected chi connectivity index (χ3v) is 2.60. The summed E-state index contributed by atoms with van der Waals surface area (Å²) >= 11 is 3.25. The van der Waals surface area contributed by atoms with Crippen LogP contribution in [0, 0.1) is 0 Å². The van der Waals surface area contributed by atoms with Crippen molar-refractivity contribution in [2.24, 2.45) is 7.05 Å². The number of nitrogens with zero attached hydrogens (tertiary/aromatic N) is 3. The maximum Gasteiger partial charge on any atom is 0.281 e. The predicted octanol–water partition coefficient (Wildman–Crippen LogP) is 0.816. The van der Waals surface area contributed by atoms with Gasteiger partial charge in [-0.15, -0.1) is 0 Å². The van der Waals surface area contributed by atoms with E-state index < -0.39 is 0 Å². The lowest BCUT2D eigenvalue weighted by Gasteiger charge is -2.12. The SMILES string of the molecule is CON(C)C(=O)c1cnn(C)c1Br. The van der Waals surface area contributed by atoms with Crippen molar-refractivity contribution in [3.05, 3.63) is 16.4 Å². The Morgan fingerprint density at radius 3 is 2.77 bits per heavy atom. The van der Waals surface area contributed by atoms with Crippen molar-refractivity contribution in [3.63, 3.8) is 0 Å². The lowest BCUT2D eigenvalue weighted by atomic mass is 10.3. The number of rotatable bonds is 2. The van der Waals surface area contributed by atoms with E-state index in [2.05, 4.69) is 21.0 Å². The highest BCUT2D eigenvalue weighted by Crippen LogP contribution is 2.16. The van der Waals surface area contributed by atoms with Crippen molar-refractivity contribution in [2.75, 3.05) is 14.2 Å². The van der Waals surface area contributed by atoms with Gasteiger partial charge >= 0.3 is 0 Å². The van der Waals surface area contributed by atoms with Crippen LogP contribution in [0.5, 0.6) is 0 Å². The molecule has 0 aromatic carbocycles. The fourth-order valence-corrected chi connectivity index (χ4v) is 1.18. The van der Waals surface area contributed by atoms with Crippen molar-refractivity contribution in [1.82, 2.24) is 14.8 Å². The first-order valence-electron chi connectivity index (χ1n) is 3.57. The first kappa shape index (κ1) is 10.2. The van der Waals surface area contributed by atoms with Crippen LogP contribution in [0.25, 0.3) is 0 Å². The molecule has 0 fully saturated rings. The Kier molecular flexibility index (Phi) is 3.05. The van der Waals surface area contributed by atoms with Crippen molar-refractivity contribution < 1.29 is 9.63 Å². The number of hydrogen-bond donors (Lipinski definition) is 0. The van der Waals surface area contributed by atoms with Gasteiger partial charge in [-0.2, -0.15) is 5.10 Å². The Hall–Kier alpha value is -0.880. The summed E-state index contributed by atoms with van der Waals surface area (Å²) in [6.45, 7) is 0. The first-order chi connectivity index (χ1) is 6.07. The maximum absolute atomic E-state index is 11.5. The number of hydroxylamine groups is 2. The summed E-state index contributed by atoms with van der Waals surface area (Å²) in [5.41, 5.74) is 0.479. The second-order valence-electron chi connectivity index (χ2n) is 2.46. The summed E-state index contributed by atoms with van der Waals surface area (Å²) in [7, 11) is 4.72. The smallest absolute Gasteiger partial charge is 0.274 e. The van der Waals surface area contributed by atoms with Gasteiger partial charge in [-0.3, -0.25) is 14.3 Å². The van der Waals surface area contributed by atoms with Crippen molar-refractivity contribution in [3.8, 4) is 0 Å². The Labute approximate surface area is 84.4 Å². The van der Waals surface area contributed by atoms with Crippen LogP contribution in [-0.4, -0.2) is 34.9 Å². The van der Waals surface area contributed by atoms with Crippen LogP contribution >= 0.6 is 15.9 Å². The van der Waals surface area contributed by atoms with Crippen LogP contribution in [0.4, 0.5) is 0 Å². The second kappa shape index (κ2) is 3.89. The molecule has 6 heteroatoms. The molecule has 1 rings (SSSR count). The molecule has 0 radical (unpaired) electrons. The minimum Gasteiger partial charge on any atom is -0.274 e. The molecule has 1 heterocycles. The zero-order chi connectivity index (χ0) is 10.0. The van der Waals surface area contributed by atoms with E-state index in [4.69, 9.17) is 4.84 Å². The highest BCUT2D eigenvalue weighted by Gasteiger charge is 2.17. The number of aromatic nitrogens is 2. The summed E-state index contributed by atoms with van der Waals surface area (Å²) < 4.78 is 2.21. The molecule has 0 aliphatic heterocycles. The van der Waals surface area contributed by atoms with Gasteiger partial charge in [0.25, 0.3) is 5.91 Å². The number of aryl methyl sites for hydroxylation is 1. The van der Waals surface area contributed by atoms with Crippen LogP contribution in [0.2, 0.25) is 0 Å². The zero-order valence-electron chi connectivity index (χ0n) is 7.61. The van der Waals surface area contributed by atoms with Crippen molar-refractivity contribution in [1.29, 1.82) is 0 Å². The standard InChI is InChI=1S/C7H10BrN3O2/c1-10-6(8)5(4-9-10)7(12)11(2)13-3/h4H,1-3H3. The Morgan fingerprint density at radius 2 is 2.38 bits per heavy atom. The number of carbonyl (C=O) groups is 1. The van der Waals surface area contributed by atoms with Crippen molar-refractivity contribution in [2.45, 2.75) is 0 Å². The summed E-state index contributed by atoms with van der Waals surface area (Å²) in [6.07, 6.45) is 1.49. The first-order valence-corrected chi connectivity index (χ1v) is 4.37. The molecule has 1 aromatic rings. The van der Waals surface area contributed by atoms with E-state index in [1.165, 1.54) is 13.3 Å². The topological polar surface area (TPSA) is 47.4 Å². The largest absolute Gasteiger partial charge is 0.281 e. The van der Waals surface area contributed by atoms with Gasteiger partial charge < -0.3 is 0 Å². The number of carbonyl (C=O) groups excluding carboxylic acids is 1. The minimum atomic E-state index is -0.234. The Balaban J connectivity index is 2.95. The van der Waals surface area contributed by atoms with E-state index in [0.29, 0.717) is 10.2 Å². The molecule has 72 valence electrons. The van der Waals surface area contributed by atoms with E-state index in [0.717, 1.165) is 5.06 Å². The Bertz CT molecular complexity index is 324. The highest BCUT2D eigenvalue weighted by molar-refractivity contribution is 9.10. The van der Waals surface area contributed by atoms with Crippen LogP contribution < -0.4 is 0 Å². The molecule has 1 amide bonds. The molecule has 1 aromatic heterocycles. The molecule has 0 aliphatic rings. The van der Waals surface area contributed by atoms with Gasteiger partial charge in [0, 0.05) is 14.1 Å². The third-order valence-electron chi connectivity index (χ3n) is 1.66. The molecule has 0 spiro atoms. The molecule has 0 bridgehead atoms. The van der Waals surface area contributed by atoms with E-state index in [-0.39, 0.29) is 5.91 Å². The average molecular weight is 248 g/mol. The van der Waals surface area contributed by atoms with Gasteiger partial charge in [0.2, 0.25) is 0 Å². The molecular weight excluding hydrogens is 238 g/mol. The minimum absolute atomic E-state index is 0.234. The van der Waals surface area contributed by atoms with E-state index >= 15 is 0 Å². The molecule has 0 saturated heterocycles. The maximum atomic E-state index is 11.5. The Morgan fingerprint density at radius 1 is 1.77 bits per heavy atom. The lowest BCUT2D eigenvalue weighted by molar-refractivity contribution is -0.0757. The van der Waals surface area contributed by atoms with E-state index in [1.807, 2.05) is 0 Å². The fourth-order valence-electron chi connectivity index (χ4n) is 0.819. The average Bonchev–Trinajstić information content (AvgIpc) is 2.45. The lowest BCUT2D eigenvalue weighted by Crippen LogP contribution is -2.25. The molecule has 13 heavy (non-hydrogen) atoms. The monoisotopic (exact) mass is 247 g/mol.